The Labute approximate surface area is 212 Å². The lowest BCUT2D eigenvalue weighted by molar-refractivity contribution is 0.215. The van der Waals surface area contributed by atoms with Crippen LogP contribution in [0.4, 0.5) is 4.79 Å². The molecular formula is C27H31N5O3S. The summed E-state index contributed by atoms with van der Waals surface area (Å²) in [5.74, 6) is 0.972. The van der Waals surface area contributed by atoms with E-state index < -0.39 is 16.1 Å². The molecule has 0 spiro atoms. The van der Waals surface area contributed by atoms with Gasteiger partial charge in [-0.05, 0) is 63.1 Å². The number of nitrogens with zero attached hydrogens (tertiary/aromatic N) is 4. The van der Waals surface area contributed by atoms with Gasteiger partial charge in [0.25, 0.3) is 10.0 Å². The topological polar surface area (TPSA) is 97.2 Å². The van der Waals surface area contributed by atoms with Crippen LogP contribution in [0.5, 0.6) is 0 Å². The van der Waals surface area contributed by atoms with Crippen molar-refractivity contribution in [3.63, 3.8) is 0 Å². The fourth-order valence-electron chi connectivity index (χ4n) is 4.13. The van der Waals surface area contributed by atoms with Gasteiger partial charge in [0.2, 0.25) is 0 Å². The Morgan fingerprint density at radius 2 is 1.67 bits per heavy atom. The molecule has 188 valence electrons. The van der Waals surface area contributed by atoms with E-state index in [1.54, 1.807) is 19.2 Å². The number of rotatable bonds is 7. The van der Waals surface area contributed by atoms with Crippen molar-refractivity contribution < 1.29 is 13.2 Å². The van der Waals surface area contributed by atoms with Crippen molar-refractivity contribution in [1.82, 2.24) is 24.2 Å². The molecule has 4 aromatic rings. The van der Waals surface area contributed by atoms with Gasteiger partial charge in [-0.3, -0.25) is 9.55 Å². The molecule has 0 aliphatic heterocycles. The van der Waals surface area contributed by atoms with Crippen LogP contribution in [-0.4, -0.2) is 47.5 Å². The van der Waals surface area contributed by atoms with Crippen LogP contribution >= 0.6 is 0 Å². The van der Waals surface area contributed by atoms with Gasteiger partial charge >= 0.3 is 6.03 Å². The predicted octanol–water partition coefficient (Wildman–Crippen LogP) is 4.48. The molecule has 2 aromatic heterocycles. The average Bonchev–Trinajstić information content (AvgIpc) is 3.21. The summed E-state index contributed by atoms with van der Waals surface area (Å²) < 4.78 is 29.3. The molecule has 2 heterocycles. The first-order chi connectivity index (χ1) is 17.1. The number of benzene rings is 2. The summed E-state index contributed by atoms with van der Waals surface area (Å²) in [4.78, 5) is 23.3. The number of amides is 2. The fraction of sp³-hybridized carbons (Fsp3) is 0.296. The molecule has 0 unspecified atom stereocenters. The number of fused-ring (bicyclic) bond motifs is 1. The number of aromatic nitrogens is 3. The number of urea groups is 1. The second-order valence-electron chi connectivity index (χ2n) is 9.00. The Morgan fingerprint density at radius 1 is 1.00 bits per heavy atom. The largest absolute Gasteiger partial charge is 0.331 e. The monoisotopic (exact) mass is 505 g/mol. The highest BCUT2D eigenvalue weighted by atomic mass is 32.2. The van der Waals surface area contributed by atoms with Crippen LogP contribution in [0.25, 0.3) is 16.7 Å². The maximum Gasteiger partial charge on any atom is 0.331 e. The lowest BCUT2D eigenvalue weighted by Crippen LogP contribution is -2.41. The third kappa shape index (κ3) is 5.26. The van der Waals surface area contributed by atoms with Gasteiger partial charge in [-0.15, -0.1) is 0 Å². The Hall–Kier alpha value is -3.72. The van der Waals surface area contributed by atoms with Gasteiger partial charge in [-0.25, -0.2) is 22.9 Å². The molecule has 1 N–H and O–H groups in total. The third-order valence-corrected chi connectivity index (χ3v) is 7.50. The quantitative estimate of drug-likeness (QED) is 0.399. The van der Waals surface area contributed by atoms with Gasteiger partial charge in [0.15, 0.2) is 0 Å². The molecule has 0 radical (unpaired) electrons. The van der Waals surface area contributed by atoms with E-state index >= 15 is 0 Å². The fourth-order valence-corrected chi connectivity index (χ4v) is 5.13. The van der Waals surface area contributed by atoms with E-state index in [-0.39, 0.29) is 4.90 Å². The summed E-state index contributed by atoms with van der Waals surface area (Å²) in [5.41, 5.74) is 6.81. The number of carbonyl (C=O) groups excluding carboxylic acids is 1. The van der Waals surface area contributed by atoms with Crippen LogP contribution in [0.3, 0.4) is 0 Å². The Balaban J connectivity index is 1.44. The molecule has 36 heavy (non-hydrogen) atoms. The first-order valence-electron chi connectivity index (χ1n) is 11.9. The molecule has 0 saturated carbocycles. The lowest BCUT2D eigenvalue weighted by Gasteiger charge is -2.18. The van der Waals surface area contributed by atoms with Gasteiger partial charge in [0, 0.05) is 31.4 Å². The second-order valence-corrected chi connectivity index (χ2v) is 10.7. The highest BCUT2D eigenvalue weighted by Crippen LogP contribution is 2.25. The van der Waals surface area contributed by atoms with Crippen LogP contribution in [0.15, 0.2) is 59.5 Å². The van der Waals surface area contributed by atoms with E-state index in [1.807, 2.05) is 45.0 Å². The molecule has 0 aliphatic rings. The minimum Gasteiger partial charge on any atom is -0.327 e. The SMILES string of the molecule is CCc1nc2c(C)nc(C)cc2n1-c1ccc(CCN(C)C(=O)NS(=O)(=O)c2ccc(C)cc2)cc1. The first-order valence-corrected chi connectivity index (χ1v) is 13.4. The van der Waals surface area contributed by atoms with E-state index in [2.05, 4.69) is 27.3 Å². The minimum atomic E-state index is -3.92. The van der Waals surface area contributed by atoms with Gasteiger partial charge in [0.1, 0.15) is 11.3 Å². The molecule has 0 aliphatic carbocycles. The standard InChI is InChI=1S/C27H31N5O3S/c1-6-25-29-26-20(4)28-19(3)17-24(26)32(25)22-11-9-21(10-12-22)15-16-31(5)27(33)30-36(34,35)23-13-7-18(2)8-14-23/h7-14,17H,6,15-16H2,1-5H3,(H,30,33). The van der Waals surface area contributed by atoms with Crippen molar-refractivity contribution in [3.8, 4) is 5.69 Å². The van der Waals surface area contributed by atoms with Gasteiger partial charge in [0.05, 0.1) is 16.1 Å². The molecule has 2 amide bonds. The summed E-state index contributed by atoms with van der Waals surface area (Å²) >= 11 is 0. The van der Waals surface area contributed by atoms with Crippen molar-refractivity contribution in [2.75, 3.05) is 13.6 Å². The highest BCUT2D eigenvalue weighted by molar-refractivity contribution is 7.90. The van der Waals surface area contributed by atoms with Crippen molar-refractivity contribution in [2.24, 2.45) is 0 Å². The van der Waals surface area contributed by atoms with Crippen LogP contribution in [-0.2, 0) is 22.9 Å². The number of hydrogen-bond donors (Lipinski definition) is 1. The van der Waals surface area contributed by atoms with E-state index in [0.717, 1.165) is 51.5 Å². The van der Waals surface area contributed by atoms with Crippen LogP contribution in [0.1, 0.15) is 35.3 Å². The number of carbonyl (C=O) groups is 1. The van der Waals surface area contributed by atoms with Crippen LogP contribution < -0.4 is 4.72 Å². The molecule has 4 rings (SSSR count). The number of aryl methyl sites for hydroxylation is 4. The normalized spacial score (nSPS) is 11.6. The average molecular weight is 506 g/mol. The summed E-state index contributed by atoms with van der Waals surface area (Å²) in [5, 5.41) is 0. The molecule has 0 fully saturated rings. The third-order valence-electron chi connectivity index (χ3n) is 6.16. The minimum absolute atomic E-state index is 0.0603. The smallest absolute Gasteiger partial charge is 0.327 e. The molecular weight excluding hydrogens is 474 g/mol. The van der Waals surface area contributed by atoms with E-state index in [9.17, 15) is 13.2 Å². The number of nitrogens with one attached hydrogen (secondary N) is 1. The van der Waals surface area contributed by atoms with E-state index in [0.29, 0.717) is 13.0 Å². The second kappa shape index (κ2) is 10.1. The maximum absolute atomic E-state index is 12.5. The van der Waals surface area contributed by atoms with Crippen molar-refractivity contribution >= 4 is 27.1 Å². The molecule has 2 aromatic carbocycles. The summed E-state index contributed by atoms with van der Waals surface area (Å²) in [6.07, 6.45) is 1.38. The van der Waals surface area contributed by atoms with Crippen LogP contribution in [0.2, 0.25) is 0 Å². The van der Waals surface area contributed by atoms with E-state index in [4.69, 9.17) is 4.98 Å². The molecule has 9 heteroatoms. The van der Waals surface area contributed by atoms with Crippen molar-refractivity contribution in [2.45, 2.75) is 45.4 Å². The number of imidazole rings is 1. The zero-order valence-electron chi connectivity index (χ0n) is 21.2. The summed E-state index contributed by atoms with van der Waals surface area (Å²) in [6.45, 7) is 8.29. The zero-order chi connectivity index (χ0) is 26.0. The lowest BCUT2D eigenvalue weighted by atomic mass is 10.1. The van der Waals surface area contributed by atoms with Gasteiger partial charge < -0.3 is 4.90 Å². The number of sulfonamides is 1. The molecule has 0 atom stereocenters. The molecule has 0 bridgehead atoms. The van der Waals surface area contributed by atoms with Crippen LogP contribution in [0, 0.1) is 20.8 Å². The first kappa shape index (κ1) is 25.4. The van der Waals surface area contributed by atoms with Crippen molar-refractivity contribution in [1.29, 1.82) is 0 Å². The molecule has 8 nitrogen and oxygen atoms in total. The van der Waals surface area contributed by atoms with E-state index in [1.165, 1.54) is 17.0 Å². The zero-order valence-corrected chi connectivity index (χ0v) is 22.1. The van der Waals surface area contributed by atoms with Crippen molar-refractivity contribution in [3.05, 3.63) is 82.9 Å². The summed E-state index contributed by atoms with van der Waals surface area (Å²) in [7, 11) is -2.34. The Kier molecular flexibility index (Phi) is 7.12. The van der Waals surface area contributed by atoms with Gasteiger partial charge in [-0.1, -0.05) is 36.8 Å². The summed E-state index contributed by atoms with van der Waals surface area (Å²) in [6, 6.07) is 15.9. The Morgan fingerprint density at radius 3 is 2.31 bits per heavy atom. The van der Waals surface area contributed by atoms with Gasteiger partial charge in [-0.2, -0.15) is 0 Å². The Bertz CT molecular complexity index is 1510. The maximum atomic E-state index is 12.5. The highest BCUT2D eigenvalue weighted by Gasteiger charge is 2.20. The number of likely N-dealkylation sites (N-methyl/N-ethyl adjacent to an activating group) is 1. The predicted molar refractivity (Wildman–Crippen MR) is 141 cm³/mol. The number of pyridine rings is 1. The number of hydrogen-bond acceptors (Lipinski definition) is 5. The molecule has 0 saturated heterocycles.